The molecule has 1 aliphatic heterocycles. The van der Waals surface area contributed by atoms with Crippen LogP contribution in [-0.2, 0) is 0 Å². The Morgan fingerprint density at radius 1 is 1.24 bits per heavy atom. The number of nitrogens with one attached hydrogen (secondary N) is 1. The molecule has 2 aromatic heterocycles. The molecular formula is C18H23N5OS. The van der Waals surface area contributed by atoms with Crippen LogP contribution >= 0.6 is 11.8 Å². The summed E-state index contributed by atoms with van der Waals surface area (Å²) < 4.78 is 7.34. The van der Waals surface area contributed by atoms with Crippen LogP contribution in [0.2, 0.25) is 0 Å². The first-order valence-corrected chi connectivity index (χ1v) is 9.76. The Hall–Kier alpha value is -2.02. The van der Waals surface area contributed by atoms with Crippen LogP contribution < -0.4 is 5.43 Å². The van der Waals surface area contributed by atoms with Crippen molar-refractivity contribution in [3.8, 4) is 5.82 Å². The third kappa shape index (κ3) is 3.25. The summed E-state index contributed by atoms with van der Waals surface area (Å²) in [5.41, 5.74) is 7.61. The van der Waals surface area contributed by atoms with Gasteiger partial charge >= 0.3 is 0 Å². The number of hydrazone groups is 1. The zero-order chi connectivity index (χ0) is 17.4. The Balaban J connectivity index is 1.58. The second kappa shape index (κ2) is 6.71. The Bertz CT molecular complexity index is 842. The summed E-state index contributed by atoms with van der Waals surface area (Å²) >= 11 is 1.74. The van der Waals surface area contributed by atoms with Crippen molar-refractivity contribution in [2.24, 2.45) is 10.1 Å². The topological polar surface area (TPSA) is 67.7 Å². The van der Waals surface area contributed by atoms with Crippen LogP contribution in [0.4, 0.5) is 0 Å². The molecule has 0 saturated heterocycles. The maximum absolute atomic E-state index is 5.23. The summed E-state index contributed by atoms with van der Waals surface area (Å²) in [4.78, 5) is 4.79. The molecule has 7 heteroatoms. The molecule has 1 saturated carbocycles. The first kappa shape index (κ1) is 16.4. The van der Waals surface area contributed by atoms with Crippen molar-refractivity contribution in [2.45, 2.75) is 52.5 Å². The lowest BCUT2D eigenvalue weighted by atomic mass is 10.1. The molecule has 1 N–H and O–H groups in total. The lowest BCUT2D eigenvalue weighted by Crippen LogP contribution is -2.26. The molecule has 2 aromatic rings. The lowest BCUT2D eigenvalue weighted by Gasteiger charge is -2.16. The monoisotopic (exact) mass is 357 g/mol. The van der Waals surface area contributed by atoms with E-state index in [1.54, 1.807) is 11.8 Å². The van der Waals surface area contributed by atoms with Crippen LogP contribution in [0.5, 0.6) is 0 Å². The van der Waals surface area contributed by atoms with Gasteiger partial charge < -0.3 is 4.52 Å². The van der Waals surface area contributed by atoms with E-state index in [0.717, 1.165) is 45.2 Å². The van der Waals surface area contributed by atoms with Crippen LogP contribution in [0.3, 0.4) is 0 Å². The van der Waals surface area contributed by atoms with Gasteiger partial charge in [-0.2, -0.15) is 5.10 Å². The second-order valence-electron chi connectivity index (χ2n) is 6.75. The fourth-order valence-electron chi connectivity index (χ4n) is 3.59. The average molecular weight is 357 g/mol. The van der Waals surface area contributed by atoms with Gasteiger partial charge in [-0.25, -0.2) is 0 Å². The molecule has 0 amide bonds. The third-order valence-corrected chi connectivity index (χ3v) is 5.73. The van der Waals surface area contributed by atoms with E-state index >= 15 is 0 Å². The van der Waals surface area contributed by atoms with E-state index < -0.39 is 0 Å². The molecule has 4 rings (SSSR count). The molecule has 0 atom stereocenters. The summed E-state index contributed by atoms with van der Waals surface area (Å²) in [7, 11) is 0. The zero-order valence-corrected chi connectivity index (χ0v) is 15.7. The first-order chi connectivity index (χ1) is 12.1. The van der Waals surface area contributed by atoms with Gasteiger partial charge in [0.05, 0.1) is 11.8 Å². The molecule has 0 bridgehead atoms. The van der Waals surface area contributed by atoms with Crippen molar-refractivity contribution >= 4 is 22.6 Å². The Labute approximate surface area is 151 Å². The van der Waals surface area contributed by atoms with E-state index in [1.165, 1.54) is 25.7 Å². The summed E-state index contributed by atoms with van der Waals surface area (Å²) in [6.45, 7) is 6.09. The van der Waals surface area contributed by atoms with E-state index in [4.69, 9.17) is 9.52 Å². The SMILES string of the molecule is Cc1cc(-n2c(C)cc(C3=NNC(=NC4CCCC4)SC3)c2C)no1. The normalized spacial score (nSPS) is 20.1. The van der Waals surface area contributed by atoms with Gasteiger partial charge in [-0.05, 0) is 39.7 Å². The van der Waals surface area contributed by atoms with Gasteiger partial charge in [0, 0.05) is 28.8 Å². The number of nitrogens with zero attached hydrogens (tertiary/aromatic N) is 4. The maximum Gasteiger partial charge on any atom is 0.180 e. The number of aromatic nitrogens is 2. The predicted octanol–water partition coefficient (Wildman–Crippen LogP) is 3.73. The highest BCUT2D eigenvalue weighted by atomic mass is 32.2. The molecule has 0 spiro atoms. The van der Waals surface area contributed by atoms with Crippen LogP contribution in [-0.4, -0.2) is 32.4 Å². The Kier molecular flexibility index (Phi) is 4.41. The van der Waals surface area contributed by atoms with Crippen LogP contribution in [0.1, 0.15) is 48.4 Å². The molecule has 3 heterocycles. The van der Waals surface area contributed by atoms with Crippen LogP contribution in [0.15, 0.2) is 26.7 Å². The highest BCUT2D eigenvalue weighted by Gasteiger charge is 2.21. The predicted molar refractivity (Wildman–Crippen MR) is 102 cm³/mol. The third-order valence-electron chi connectivity index (χ3n) is 4.84. The number of thioether (sulfide) groups is 1. The van der Waals surface area contributed by atoms with Gasteiger partial charge in [0.15, 0.2) is 11.0 Å². The second-order valence-corrected chi connectivity index (χ2v) is 7.71. The van der Waals surface area contributed by atoms with Gasteiger partial charge in [-0.3, -0.25) is 15.0 Å². The summed E-state index contributed by atoms with van der Waals surface area (Å²) in [6, 6.07) is 4.60. The summed E-state index contributed by atoms with van der Waals surface area (Å²) in [5, 5.41) is 9.69. The molecule has 1 aliphatic carbocycles. The van der Waals surface area contributed by atoms with Crippen molar-refractivity contribution in [2.75, 3.05) is 5.75 Å². The van der Waals surface area contributed by atoms with E-state index in [2.05, 4.69) is 40.2 Å². The van der Waals surface area contributed by atoms with Gasteiger partial charge in [0.25, 0.3) is 0 Å². The molecule has 0 unspecified atom stereocenters. The largest absolute Gasteiger partial charge is 0.360 e. The van der Waals surface area contributed by atoms with Crippen molar-refractivity contribution in [3.63, 3.8) is 0 Å². The van der Waals surface area contributed by atoms with Crippen molar-refractivity contribution in [1.29, 1.82) is 0 Å². The molecule has 0 aromatic carbocycles. The summed E-state index contributed by atoms with van der Waals surface area (Å²) in [5.74, 6) is 2.46. The Morgan fingerprint density at radius 3 is 2.68 bits per heavy atom. The van der Waals surface area contributed by atoms with Crippen molar-refractivity contribution in [3.05, 3.63) is 34.8 Å². The number of amidine groups is 1. The number of aryl methyl sites for hydroxylation is 2. The van der Waals surface area contributed by atoms with E-state index in [0.29, 0.717) is 6.04 Å². The summed E-state index contributed by atoms with van der Waals surface area (Å²) in [6.07, 6.45) is 5.02. The highest BCUT2D eigenvalue weighted by Crippen LogP contribution is 2.25. The molecule has 132 valence electrons. The minimum atomic E-state index is 0.479. The number of aliphatic imine (C=N–C) groups is 1. The molecule has 0 radical (unpaired) electrons. The van der Waals surface area contributed by atoms with Crippen LogP contribution in [0.25, 0.3) is 5.82 Å². The average Bonchev–Trinajstić information content (AvgIpc) is 3.31. The minimum Gasteiger partial charge on any atom is -0.360 e. The van der Waals surface area contributed by atoms with Gasteiger partial charge in [0.2, 0.25) is 0 Å². The number of hydrogen-bond donors (Lipinski definition) is 1. The van der Waals surface area contributed by atoms with Gasteiger partial charge in [-0.1, -0.05) is 29.8 Å². The fourth-order valence-corrected chi connectivity index (χ4v) is 4.41. The maximum atomic E-state index is 5.23. The fraction of sp³-hybridized carbons (Fsp3) is 0.500. The minimum absolute atomic E-state index is 0.479. The Morgan fingerprint density at radius 2 is 2.04 bits per heavy atom. The van der Waals surface area contributed by atoms with Gasteiger partial charge in [-0.15, -0.1) is 0 Å². The standard InChI is InChI=1S/C18H23N5OS/c1-11-8-15(13(3)23(11)17-9-12(2)24-22-17)16-10-25-18(21-20-16)19-14-6-4-5-7-14/h8-9,14H,4-7,10H2,1-3H3,(H,19,21). The van der Waals surface area contributed by atoms with Crippen LogP contribution in [0, 0.1) is 20.8 Å². The zero-order valence-electron chi connectivity index (χ0n) is 14.9. The van der Waals surface area contributed by atoms with Crippen molar-refractivity contribution < 1.29 is 4.52 Å². The highest BCUT2D eigenvalue weighted by molar-refractivity contribution is 8.14. The molecular weight excluding hydrogens is 334 g/mol. The van der Waals surface area contributed by atoms with Crippen molar-refractivity contribution in [1.82, 2.24) is 15.1 Å². The number of rotatable bonds is 3. The molecule has 6 nitrogen and oxygen atoms in total. The first-order valence-electron chi connectivity index (χ1n) is 8.78. The van der Waals surface area contributed by atoms with E-state index in [1.807, 2.05) is 13.0 Å². The smallest absolute Gasteiger partial charge is 0.180 e. The lowest BCUT2D eigenvalue weighted by molar-refractivity contribution is 0.394. The van der Waals surface area contributed by atoms with E-state index in [9.17, 15) is 0 Å². The van der Waals surface area contributed by atoms with E-state index in [-0.39, 0.29) is 0 Å². The molecule has 1 fully saturated rings. The molecule has 2 aliphatic rings. The van der Waals surface area contributed by atoms with Gasteiger partial charge in [0.1, 0.15) is 5.76 Å². The molecule has 25 heavy (non-hydrogen) atoms. The number of hydrogen-bond acceptors (Lipinski definition) is 5. The quantitative estimate of drug-likeness (QED) is 0.909.